The van der Waals surface area contributed by atoms with Crippen LogP contribution in [0.15, 0.2) is 22.9 Å². The van der Waals surface area contributed by atoms with Crippen LogP contribution in [0.5, 0.6) is 0 Å². The number of carbonyl (C=O) groups excluding carboxylic acids is 1. The second-order valence-electron chi connectivity index (χ2n) is 5.68. The van der Waals surface area contributed by atoms with E-state index in [2.05, 4.69) is 5.16 Å². The monoisotopic (exact) mass is 318 g/mol. The SMILES string of the molecule is Cc1c(CS(=O)[O-])ccc(C(=O)c2cnoc2C2CC2)c1C. The van der Waals surface area contributed by atoms with Crippen molar-refractivity contribution in [2.24, 2.45) is 0 Å². The maximum atomic E-state index is 12.7. The molecule has 1 aliphatic rings. The van der Waals surface area contributed by atoms with Crippen molar-refractivity contribution in [3.63, 3.8) is 0 Å². The molecule has 1 aliphatic carbocycles. The molecule has 1 fully saturated rings. The van der Waals surface area contributed by atoms with Gasteiger partial charge in [0, 0.05) is 17.2 Å². The van der Waals surface area contributed by atoms with Crippen LogP contribution in [0, 0.1) is 13.8 Å². The summed E-state index contributed by atoms with van der Waals surface area (Å²) in [5.41, 5.74) is 3.44. The number of carbonyl (C=O) groups is 1. The number of aromatic nitrogens is 1. The minimum absolute atomic E-state index is 0.0399. The average molecular weight is 318 g/mol. The van der Waals surface area contributed by atoms with Crippen molar-refractivity contribution in [2.45, 2.75) is 38.4 Å². The quantitative estimate of drug-likeness (QED) is 0.625. The Hall–Kier alpha value is -1.79. The standard InChI is InChI=1S/C16H17NO4S/c1-9-10(2)13(6-5-12(9)8-22(19)20)15(18)14-7-17-21-16(14)11-3-4-11/h5-7,11H,3-4,8H2,1-2H3,(H,19,20)/p-1. The summed E-state index contributed by atoms with van der Waals surface area (Å²) in [5.74, 6) is 0.831. The Labute approximate surface area is 131 Å². The molecule has 0 amide bonds. The molecule has 0 saturated heterocycles. The highest BCUT2D eigenvalue weighted by Crippen LogP contribution is 2.42. The maximum Gasteiger partial charge on any atom is 0.198 e. The summed E-state index contributed by atoms with van der Waals surface area (Å²) in [6.07, 6.45) is 3.54. The molecule has 0 spiro atoms. The first kappa shape index (κ1) is 15.1. The van der Waals surface area contributed by atoms with Crippen LogP contribution in [-0.2, 0) is 16.8 Å². The van der Waals surface area contributed by atoms with Crippen LogP contribution in [0.2, 0.25) is 0 Å². The fourth-order valence-corrected chi connectivity index (χ4v) is 3.18. The second kappa shape index (κ2) is 5.78. The number of rotatable bonds is 5. The summed E-state index contributed by atoms with van der Waals surface area (Å²) in [5, 5.41) is 3.76. The fourth-order valence-electron chi connectivity index (χ4n) is 2.61. The molecular weight excluding hydrogens is 302 g/mol. The second-order valence-corrected chi connectivity index (χ2v) is 6.57. The number of benzene rings is 1. The number of ketones is 1. The maximum absolute atomic E-state index is 12.7. The predicted molar refractivity (Wildman–Crippen MR) is 80.5 cm³/mol. The third kappa shape index (κ3) is 2.76. The van der Waals surface area contributed by atoms with Gasteiger partial charge in [-0.2, -0.15) is 0 Å². The lowest BCUT2D eigenvalue weighted by Crippen LogP contribution is -2.08. The Morgan fingerprint density at radius 1 is 1.32 bits per heavy atom. The Morgan fingerprint density at radius 2 is 2.05 bits per heavy atom. The lowest BCUT2D eigenvalue weighted by Gasteiger charge is -2.14. The number of hydrogen-bond acceptors (Lipinski definition) is 5. The number of hydrogen-bond donors (Lipinski definition) is 0. The van der Waals surface area contributed by atoms with Crippen LogP contribution in [0.1, 0.15) is 57.1 Å². The molecule has 0 bridgehead atoms. The van der Waals surface area contributed by atoms with Crippen molar-refractivity contribution in [1.82, 2.24) is 5.16 Å². The van der Waals surface area contributed by atoms with Gasteiger partial charge in [0.05, 0.1) is 11.8 Å². The lowest BCUT2D eigenvalue weighted by molar-refractivity contribution is 0.103. The molecule has 1 heterocycles. The molecule has 1 unspecified atom stereocenters. The zero-order valence-electron chi connectivity index (χ0n) is 12.4. The molecule has 2 aromatic rings. The highest BCUT2D eigenvalue weighted by Gasteiger charge is 2.33. The van der Waals surface area contributed by atoms with Gasteiger partial charge in [0.15, 0.2) is 11.5 Å². The van der Waals surface area contributed by atoms with E-state index in [1.54, 1.807) is 12.1 Å². The van der Waals surface area contributed by atoms with E-state index in [9.17, 15) is 13.6 Å². The zero-order valence-corrected chi connectivity index (χ0v) is 13.2. The van der Waals surface area contributed by atoms with Gasteiger partial charge < -0.3 is 9.08 Å². The van der Waals surface area contributed by atoms with Crippen LogP contribution < -0.4 is 0 Å². The third-order valence-electron chi connectivity index (χ3n) is 4.21. The van der Waals surface area contributed by atoms with Crippen LogP contribution >= 0.6 is 0 Å². The predicted octanol–water partition coefficient (Wildman–Crippen LogP) is 2.78. The van der Waals surface area contributed by atoms with Gasteiger partial charge in [-0.3, -0.25) is 9.00 Å². The first-order valence-electron chi connectivity index (χ1n) is 7.13. The van der Waals surface area contributed by atoms with Gasteiger partial charge in [-0.15, -0.1) is 0 Å². The van der Waals surface area contributed by atoms with E-state index in [4.69, 9.17) is 4.52 Å². The van der Waals surface area contributed by atoms with Crippen molar-refractivity contribution in [2.75, 3.05) is 0 Å². The molecule has 1 aromatic carbocycles. The van der Waals surface area contributed by atoms with Gasteiger partial charge in [-0.25, -0.2) is 0 Å². The van der Waals surface area contributed by atoms with Crippen molar-refractivity contribution >= 4 is 16.9 Å². The van der Waals surface area contributed by atoms with Crippen molar-refractivity contribution in [3.8, 4) is 0 Å². The largest absolute Gasteiger partial charge is 0.772 e. The molecule has 116 valence electrons. The van der Waals surface area contributed by atoms with Crippen LogP contribution in [0.25, 0.3) is 0 Å². The minimum Gasteiger partial charge on any atom is -0.772 e. The lowest BCUT2D eigenvalue weighted by atomic mass is 9.93. The first-order valence-corrected chi connectivity index (χ1v) is 8.37. The summed E-state index contributed by atoms with van der Waals surface area (Å²) in [6.45, 7) is 3.67. The molecule has 22 heavy (non-hydrogen) atoms. The van der Waals surface area contributed by atoms with Crippen LogP contribution in [0.4, 0.5) is 0 Å². The molecule has 3 rings (SSSR count). The summed E-state index contributed by atoms with van der Waals surface area (Å²) in [4.78, 5) is 12.7. The summed E-state index contributed by atoms with van der Waals surface area (Å²) in [7, 11) is 0. The molecule has 1 atom stereocenters. The summed E-state index contributed by atoms with van der Waals surface area (Å²) < 4.78 is 27.0. The highest BCUT2D eigenvalue weighted by atomic mass is 32.2. The van der Waals surface area contributed by atoms with Gasteiger partial charge in [0.25, 0.3) is 0 Å². The Kier molecular flexibility index (Phi) is 3.97. The molecule has 0 aliphatic heterocycles. The van der Waals surface area contributed by atoms with E-state index in [1.165, 1.54) is 6.20 Å². The van der Waals surface area contributed by atoms with E-state index >= 15 is 0 Å². The normalized spacial score (nSPS) is 15.8. The fraction of sp³-hybridized carbons (Fsp3) is 0.375. The Balaban J connectivity index is 1.97. The first-order chi connectivity index (χ1) is 10.5. The van der Waals surface area contributed by atoms with E-state index in [0.717, 1.165) is 29.5 Å². The minimum atomic E-state index is -2.14. The van der Waals surface area contributed by atoms with E-state index < -0.39 is 11.1 Å². The van der Waals surface area contributed by atoms with Gasteiger partial charge in [0.1, 0.15) is 0 Å². The molecular formula is C16H16NO4S-. The van der Waals surface area contributed by atoms with E-state index in [1.807, 2.05) is 13.8 Å². The Morgan fingerprint density at radius 3 is 2.68 bits per heavy atom. The molecule has 1 aromatic heterocycles. The molecule has 5 nitrogen and oxygen atoms in total. The summed E-state index contributed by atoms with van der Waals surface area (Å²) in [6, 6.07) is 3.40. The molecule has 1 saturated carbocycles. The van der Waals surface area contributed by atoms with Crippen LogP contribution in [0.3, 0.4) is 0 Å². The molecule has 0 N–H and O–H groups in total. The third-order valence-corrected chi connectivity index (χ3v) is 4.76. The van der Waals surface area contributed by atoms with Gasteiger partial charge in [-0.05, 0) is 43.4 Å². The van der Waals surface area contributed by atoms with Crippen molar-refractivity contribution in [1.29, 1.82) is 0 Å². The van der Waals surface area contributed by atoms with E-state index in [0.29, 0.717) is 22.8 Å². The van der Waals surface area contributed by atoms with Crippen molar-refractivity contribution in [3.05, 3.63) is 51.9 Å². The van der Waals surface area contributed by atoms with Crippen LogP contribution in [-0.4, -0.2) is 19.7 Å². The summed E-state index contributed by atoms with van der Waals surface area (Å²) >= 11 is -2.14. The highest BCUT2D eigenvalue weighted by molar-refractivity contribution is 7.78. The zero-order chi connectivity index (χ0) is 15.9. The number of nitrogens with zero attached hydrogens (tertiary/aromatic N) is 1. The molecule has 6 heteroatoms. The van der Waals surface area contributed by atoms with Gasteiger partial charge in [0.2, 0.25) is 0 Å². The van der Waals surface area contributed by atoms with Crippen molar-refractivity contribution < 1.29 is 18.1 Å². The smallest absolute Gasteiger partial charge is 0.198 e. The van der Waals surface area contributed by atoms with Gasteiger partial charge >= 0.3 is 0 Å². The van der Waals surface area contributed by atoms with E-state index in [-0.39, 0.29) is 11.5 Å². The average Bonchev–Trinajstić information content (AvgIpc) is 3.20. The van der Waals surface area contributed by atoms with Gasteiger partial charge in [-0.1, -0.05) is 28.4 Å². The Bertz CT molecular complexity index is 762. The molecule has 0 radical (unpaired) electrons. The topological polar surface area (TPSA) is 83.2 Å².